The maximum Gasteiger partial charge on any atom is 0.225 e. The van der Waals surface area contributed by atoms with E-state index in [0.717, 1.165) is 11.3 Å². The minimum absolute atomic E-state index is 0.0951. The minimum Gasteiger partial charge on any atom is -0.497 e. The molecule has 1 heterocycles. The van der Waals surface area contributed by atoms with Crippen LogP contribution in [0.2, 0.25) is 0 Å². The van der Waals surface area contributed by atoms with Gasteiger partial charge in [0.15, 0.2) is 0 Å². The van der Waals surface area contributed by atoms with Gasteiger partial charge in [-0.2, -0.15) is 4.98 Å². The highest BCUT2D eigenvalue weighted by Gasteiger charge is 2.07. The van der Waals surface area contributed by atoms with E-state index in [2.05, 4.69) is 15.3 Å². The Labute approximate surface area is 106 Å². The summed E-state index contributed by atoms with van der Waals surface area (Å²) >= 11 is 0. The van der Waals surface area contributed by atoms with Crippen LogP contribution in [0.1, 0.15) is 18.5 Å². The lowest BCUT2D eigenvalue weighted by Gasteiger charge is -2.14. The Bertz CT molecular complexity index is 513. The van der Waals surface area contributed by atoms with Gasteiger partial charge >= 0.3 is 0 Å². The van der Waals surface area contributed by atoms with Crippen LogP contribution in [0.3, 0.4) is 0 Å². The monoisotopic (exact) mass is 244 g/mol. The number of aromatic nitrogens is 2. The molecule has 0 saturated heterocycles. The van der Waals surface area contributed by atoms with Crippen molar-refractivity contribution >= 4 is 11.8 Å². The van der Waals surface area contributed by atoms with Crippen LogP contribution in [0.15, 0.2) is 36.5 Å². The smallest absolute Gasteiger partial charge is 0.225 e. The van der Waals surface area contributed by atoms with E-state index in [1.807, 2.05) is 31.2 Å². The Morgan fingerprint density at radius 2 is 1.94 bits per heavy atom. The number of hydrogen-bond donors (Lipinski definition) is 2. The fraction of sp³-hybridized carbons (Fsp3) is 0.231. The molecule has 3 N–H and O–H groups in total. The molecule has 1 atom stereocenters. The zero-order valence-electron chi connectivity index (χ0n) is 10.4. The van der Waals surface area contributed by atoms with Gasteiger partial charge in [0.25, 0.3) is 0 Å². The number of methoxy groups -OCH3 is 1. The average Bonchev–Trinajstić information content (AvgIpc) is 2.39. The molecule has 0 spiro atoms. The molecule has 0 aliphatic carbocycles. The summed E-state index contributed by atoms with van der Waals surface area (Å²) in [6.07, 6.45) is 1.63. The lowest BCUT2D eigenvalue weighted by molar-refractivity contribution is 0.414. The summed E-state index contributed by atoms with van der Waals surface area (Å²) in [4.78, 5) is 8.22. The number of nitrogens with two attached hydrogens (primary N) is 1. The number of nitrogens with zero attached hydrogens (tertiary/aromatic N) is 2. The van der Waals surface area contributed by atoms with Crippen LogP contribution in [-0.4, -0.2) is 17.1 Å². The molecule has 94 valence electrons. The van der Waals surface area contributed by atoms with Gasteiger partial charge in [-0.15, -0.1) is 0 Å². The Morgan fingerprint density at radius 3 is 2.56 bits per heavy atom. The fourth-order valence-electron chi connectivity index (χ4n) is 1.61. The van der Waals surface area contributed by atoms with Gasteiger partial charge in [-0.1, -0.05) is 12.1 Å². The molecule has 0 saturated carbocycles. The Morgan fingerprint density at radius 1 is 1.22 bits per heavy atom. The lowest BCUT2D eigenvalue weighted by atomic mass is 10.1. The average molecular weight is 244 g/mol. The van der Waals surface area contributed by atoms with Gasteiger partial charge in [-0.05, 0) is 30.7 Å². The van der Waals surface area contributed by atoms with Crippen molar-refractivity contribution in [1.82, 2.24) is 9.97 Å². The summed E-state index contributed by atoms with van der Waals surface area (Å²) in [5.74, 6) is 1.82. The van der Waals surface area contributed by atoms with Crippen LogP contribution in [-0.2, 0) is 0 Å². The van der Waals surface area contributed by atoms with Gasteiger partial charge < -0.3 is 15.8 Å². The van der Waals surface area contributed by atoms with Crippen molar-refractivity contribution in [3.63, 3.8) is 0 Å². The van der Waals surface area contributed by atoms with E-state index in [9.17, 15) is 0 Å². The summed E-state index contributed by atoms with van der Waals surface area (Å²) in [5, 5.41) is 3.19. The van der Waals surface area contributed by atoms with Gasteiger partial charge in [-0.25, -0.2) is 4.98 Å². The molecule has 18 heavy (non-hydrogen) atoms. The molecule has 5 heteroatoms. The van der Waals surface area contributed by atoms with Crippen molar-refractivity contribution in [2.45, 2.75) is 13.0 Å². The first-order valence-corrected chi connectivity index (χ1v) is 5.68. The third-order valence-electron chi connectivity index (χ3n) is 2.64. The first-order valence-electron chi connectivity index (χ1n) is 5.68. The Kier molecular flexibility index (Phi) is 3.62. The van der Waals surface area contributed by atoms with Gasteiger partial charge in [0, 0.05) is 6.20 Å². The molecule has 0 aliphatic heterocycles. The van der Waals surface area contributed by atoms with E-state index in [-0.39, 0.29) is 6.04 Å². The highest BCUT2D eigenvalue weighted by atomic mass is 16.5. The molecule has 0 aliphatic rings. The molecule has 2 rings (SSSR count). The van der Waals surface area contributed by atoms with E-state index in [1.165, 1.54) is 0 Å². The number of anilines is 2. The van der Waals surface area contributed by atoms with Crippen LogP contribution in [0.25, 0.3) is 0 Å². The molecular formula is C13H16N4O. The summed E-state index contributed by atoms with van der Waals surface area (Å²) in [7, 11) is 1.65. The first kappa shape index (κ1) is 12.2. The van der Waals surface area contributed by atoms with Crippen molar-refractivity contribution in [2.75, 3.05) is 18.2 Å². The Hall–Kier alpha value is -2.30. The third kappa shape index (κ3) is 2.88. The number of hydrogen-bond acceptors (Lipinski definition) is 5. The number of nitrogens with one attached hydrogen (secondary N) is 1. The van der Waals surface area contributed by atoms with E-state index in [1.54, 1.807) is 19.4 Å². The van der Waals surface area contributed by atoms with E-state index < -0.39 is 0 Å². The summed E-state index contributed by atoms with van der Waals surface area (Å²) < 4.78 is 5.12. The van der Waals surface area contributed by atoms with Crippen LogP contribution in [0, 0.1) is 0 Å². The zero-order valence-corrected chi connectivity index (χ0v) is 10.4. The maximum atomic E-state index is 5.60. The van der Waals surface area contributed by atoms with Crippen molar-refractivity contribution < 1.29 is 4.74 Å². The largest absolute Gasteiger partial charge is 0.497 e. The highest BCUT2D eigenvalue weighted by Crippen LogP contribution is 2.20. The number of nitrogen functional groups attached to an aromatic ring is 1. The zero-order chi connectivity index (χ0) is 13.0. The van der Waals surface area contributed by atoms with Gasteiger partial charge in [0.1, 0.15) is 11.6 Å². The summed E-state index contributed by atoms with van der Waals surface area (Å²) in [6, 6.07) is 9.61. The Balaban J connectivity index is 2.09. The SMILES string of the molecule is COc1ccc(C(C)Nc2nccc(N)n2)cc1. The van der Waals surface area contributed by atoms with Crippen molar-refractivity contribution in [2.24, 2.45) is 0 Å². The van der Waals surface area contributed by atoms with E-state index in [0.29, 0.717) is 11.8 Å². The quantitative estimate of drug-likeness (QED) is 0.862. The van der Waals surface area contributed by atoms with Crippen molar-refractivity contribution in [3.05, 3.63) is 42.1 Å². The summed E-state index contributed by atoms with van der Waals surface area (Å²) in [6.45, 7) is 2.04. The number of ether oxygens (including phenoxy) is 1. The number of rotatable bonds is 4. The van der Waals surface area contributed by atoms with Crippen LogP contribution < -0.4 is 15.8 Å². The van der Waals surface area contributed by atoms with Gasteiger partial charge in [0.2, 0.25) is 5.95 Å². The molecule has 0 amide bonds. The van der Waals surface area contributed by atoms with Crippen LogP contribution >= 0.6 is 0 Å². The van der Waals surface area contributed by atoms with Gasteiger partial charge in [-0.3, -0.25) is 0 Å². The predicted molar refractivity (Wildman–Crippen MR) is 71.5 cm³/mol. The second-order valence-corrected chi connectivity index (χ2v) is 3.94. The predicted octanol–water partition coefficient (Wildman–Crippen LogP) is 2.24. The van der Waals surface area contributed by atoms with Crippen molar-refractivity contribution in [3.8, 4) is 5.75 Å². The molecule has 5 nitrogen and oxygen atoms in total. The topological polar surface area (TPSA) is 73.1 Å². The molecule has 2 aromatic rings. The number of benzene rings is 1. The molecule has 0 radical (unpaired) electrons. The standard InChI is InChI=1S/C13H16N4O/c1-9(10-3-5-11(18-2)6-4-10)16-13-15-8-7-12(14)17-13/h3-9H,1-2H3,(H3,14,15,16,17). The summed E-state index contributed by atoms with van der Waals surface area (Å²) in [5.41, 5.74) is 6.73. The molecule has 1 aromatic heterocycles. The second-order valence-electron chi connectivity index (χ2n) is 3.94. The highest BCUT2D eigenvalue weighted by molar-refractivity contribution is 5.38. The molecule has 0 fully saturated rings. The normalized spacial score (nSPS) is 11.9. The third-order valence-corrected chi connectivity index (χ3v) is 2.64. The fourth-order valence-corrected chi connectivity index (χ4v) is 1.61. The first-order chi connectivity index (χ1) is 8.69. The molecule has 0 bridgehead atoms. The maximum absolute atomic E-state index is 5.60. The van der Waals surface area contributed by atoms with E-state index in [4.69, 9.17) is 10.5 Å². The minimum atomic E-state index is 0.0951. The van der Waals surface area contributed by atoms with Crippen molar-refractivity contribution in [1.29, 1.82) is 0 Å². The molecular weight excluding hydrogens is 228 g/mol. The molecule has 1 aromatic carbocycles. The van der Waals surface area contributed by atoms with Crippen LogP contribution in [0.5, 0.6) is 5.75 Å². The van der Waals surface area contributed by atoms with Gasteiger partial charge in [0.05, 0.1) is 13.2 Å². The molecule has 1 unspecified atom stereocenters. The van der Waals surface area contributed by atoms with E-state index >= 15 is 0 Å². The lowest BCUT2D eigenvalue weighted by Crippen LogP contribution is -2.09. The van der Waals surface area contributed by atoms with Crippen LogP contribution in [0.4, 0.5) is 11.8 Å². The second kappa shape index (κ2) is 5.35.